The molecule has 1 atom stereocenters. The number of aryl methyl sites for hydroxylation is 3. The monoisotopic (exact) mass is 390 g/mol. The minimum absolute atomic E-state index is 0.192. The normalized spacial score (nSPS) is 19.0. The highest BCUT2D eigenvalue weighted by atomic mass is 32.2. The maximum Gasteiger partial charge on any atom is 0.276 e. The van der Waals surface area contributed by atoms with Gasteiger partial charge >= 0.3 is 0 Å². The van der Waals surface area contributed by atoms with Gasteiger partial charge in [0.15, 0.2) is 0 Å². The van der Waals surface area contributed by atoms with E-state index in [1.54, 1.807) is 12.1 Å². The van der Waals surface area contributed by atoms with Crippen LogP contribution in [0.2, 0.25) is 0 Å². The zero-order valence-electron chi connectivity index (χ0n) is 14.7. The molecule has 2 aliphatic rings. The molecule has 0 spiro atoms. The number of carbonyl (C=O) groups is 1. The van der Waals surface area contributed by atoms with Crippen molar-refractivity contribution in [2.45, 2.75) is 50.3 Å². The van der Waals surface area contributed by atoms with Gasteiger partial charge in [0.25, 0.3) is 15.9 Å². The quantitative estimate of drug-likeness (QED) is 0.788. The first kappa shape index (κ1) is 17.7. The first-order valence-corrected chi connectivity index (χ1v) is 11.3. The van der Waals surface area contributed by atoms with Crippen LogP contribution in [0, 0.1) is 5.92 Å². The second-order valence-electron chi connectivity index (χ2n) is 7.25. The molecular formula is C19H22N2O3S2. The summed E-state index contributed by atoms with van der Waals surface area (Å²) < 4.78 is 25.0. The predicted molar refractivity (Wildman–Crippen MR) is 102 cm³/mol. The molecule has 0 unspecified atom stereocenters. The molecule has 4 rings (SSSR count). The molecule has 0 radical (unpaired) electrons. The molecule has 7 heteroatoms. The molecule has 1 heterocycles. The Bertz CT molecular complexity index is 963. The van der Waals surface area contributed by atoms with Crippen molar-refractivity contribution >= 4 is 27.3 Å². The molecular weight excluding hydrogens is 368 g/mol. The maximum absolute atomic E-state index is 12.5. The van der Waals surface area contributed by atoms with Crippen LogP contribution in [0.3, 0.4) is 0 Å². The number of hydrogen-bond donors (Lipinski definition) is 2. The topological polar surface area (TPSA) is 75.3 Å². The van der Waals surface area contributed by atoms with E-state index in [9.17, 15) is 13.2 Å². The first-order chi connectivity index (χ1) is 12.4. The number of thiophene rings is 1. The Morgan fingerprint density at radius 2 is 1.92 bits per heavy atom. The Kier molecular flexibility index (Phi) is 4.62. The third kappa shape index (κ3) is 3.43. The third-order valence-electron chi connectivity index (χ3n) is 5.23. The van der Waals surface area contributed by atoms with Gasteiger partial charge in [-0.3, -0.25) is 10.2 Å². The van der Waals surface area contributed by atoms with Crippen LogP contribution in [0.25, 0.3) is 0 Å². The fraction of sp³-hybridized carbons (Fsp3) is 0.421. The van der Waals surface area contributed by atoms with Crippen molar-refractivity contribution in [3.63, 3.8) is 0 Å². The zero-order valence-corrected chi connectivity index (χ0v) is 16.3. The lowest BCUT2D eigenvalue weighted by Crippen LogP contribution is -2.41. The minimum atomic E-state index is -3.77. The molecule has 0 saturated carbocycles. The Hall–Kier alpha value is -1.70. The second kappa shape index (κ2) is 6.79. The van der Waals surface area contributed by atoms with E-state index in [1.165, 1.54) is 27.3 Å². The molecule has 0 saturated heterocycles. The maximum atomic E-state index is 12.5. The van der Waals surface area contributed by atoms with Gasteiger partial charge in [-0.15, -0.1) is 16.2 Å². The van der Waals surface area contributed by atoms with Gasteiger partial charge in [-0.25, -0.2) is 8.42 Å². The Morgan fingerprint density at radius 1 is 1.12 bits per heavy atom. The SMILES string of the molecule is C[C@@H]1CCc2sc(C(=O)NNS(=O)(=O)c3ccc4c(c3)CCC4)cc2C1. The number of rotatable bonds is 4. The molecule has 1 aromatic heterocycles. The summed E-state index contributed by atoms with van der Waals surface area (Å²) in [5, 5.41) is 0. The summed E-state index contributed by atoms with van der Waals surface area (Å²) in [5.74, 6) is 0.230. The molecule has 1 aromatic carbocycles. The summed E-state index contributed by atoms with van der Waals surface area (Å²) in [6.45, 7) is 2.21. The van der Waals surface area contributed by atoms with Gasteiger partial charge in [0.2, 0.25) is 0 Å². The van der Waals surface area contributed by atoms with Crippen LogP contribution in [0.1, 0.15) is 51.0 Å². The van der Waals surface area contributed by atoms with Crippen molar-refractivity contribution in [1.29, 1.82) is 0 Å². The fourth-order valence-electron chi connectivity index (χ4n) is 3.77. The number of amides is 1. The highest BCUT2D eigenvalue weighted by Gasteiger charge is 2.23. The molecule has 2 aromatic rings. The van der Waals surface area contributed by atoms with Crippen LogP contribution in [-0.2, 0) is 35.7 Å². The zero-order chi connectivity index (χ0) is 18.3. The molecule has 2 aliphatic carbocycles. The van der Waals surface area contributed by atoms with Crippen molar-refractivity contribution < 1.29 is 13.2 Å². The number of fused-ring (bicyclic) bond motifs is 2. The molecule has 0 aliphatic heterocycles. The van der Waals surface area contributed by atoms with Crippen LogP contribution in [0.4, 0.5) is 0 Å². The van der Waals surface area contributed by atoms with Crippen LogP contribution >= 0.6 is 11.3 Å². The van der Waals surface area contributed by atoms with Gasteiger partial charge in [0, 0.05) is 4.88 Å². The van der Waals surface area contributed by atoms with Gasteiger partial charge in [-0.1, -0.05) is 13.0 Å². The van der Waals surface area contributed by atoms with Gasteiger partial charge < -0.3 is 0 Å². The largest absolute Gasteiger partial charge is 0.276 e. The van der Waals surface area contributed by atoms with Crippen LogP contribution in [-0.4, -0.2) is 14.3 Å². The molecule has 1 amide bonds. The van der Waals surface area contributed by atoms with E-state index in [0.29, 0.717) is 10.8 Å². The van der Waals surface area contributed by atoms with E-state index in [4.69, 9.17) is 0 Å². The second-order valence-corrected chi connectivity index (χ2v) is 10.1. The van der Waals surface area contributed by atoms with Crippen LogP contribution in [0.15, 0.2) is 29.2 Å². The lowest BCUT2D eigenvalue weighted by Gasteiger charge is -2.16. The summed E-state index contributed by atoms with van der Waals surface area (Å²) >= 11 is 1.46. The summed E-state index contributed by atoms with van der Waals surface area (Å²) in [4.78, 5) is 16.6. The number of carbonyl (C=O) groups excluding carboxylic acids is 1. The average molecular weight is 391 g/mol. The van der Waals surface area contributed by atoms with Crippen molar-refractivity contribution in [2.24, 2.45) is 5.92 Å². The Morgan fingerprint density at radius 3 is 2.77 bits per heavy atom. The highest BCUT2D eigenvalue weighted by Crippen LogP contribution is 2.32. The molecule has 2 N–H and O–H groups in total. The van der Waals surface area contributed by atoms with E-state index in [0.717, 1.165) is 44.1 Å². The smallest absolute Gasteiger partial charge is 0.273 e. The standard InChI is InChI=1S/C19H22N2O3S2/c1-12-5-8-17-15(9-12)11-18(25-17)19(22)20-21-26(23,24)16-7-6-13-3-2-4-14(13)10-16/h6-7,10-12,21H,2-5,8-9H2,1H3,(H,20,22)/t12-/m1/s1. The van der Waals surface area contributed by atoms with Gasteiger partial charge in [0.05, 0.1) is 9.77 Å². The van der Waals surface area contributed by atoms with Crippen LogP contribution in [0.5, 0.6) is 0 Å². The Balaban J connectivity index is 1.45. The summed E-state index contributed by atoms with van der Waals surface area (Å²) in [6, 6.07) is 7.08. The van der Waals surface area contributed by atoms with Gasteiger partial charge in [0.1, 0.15) is 0 Å². The van der Waals surface area contributed by atoms with Crippen molar-refractivity contribution in [2.75, 3.05) is 0 Å². The van der Waals surface area contributed by atoms with Crippen LogP contribution < -0.4 is 10.3 Å². The summed E-state index contributed by atoms with van der Waals surface area (Å²) in [7, 11) is -3.77. The van der Waals surface area contributed by atoms with E-state index in [2.05, 4.69) is 17.2 Å². The summed E-state index contributed by atoms with van der Waals surface area (Å²) in [6.07, 6.45) is 6.09. The minimum Gasteiger partial charge on any atom is -0.273 e. The number of sulfonamides is 1. The number of benzene rings is 1. The molecule has 0 bridgehead atoms. The molecule has 0 fully saturated rings. The molecule has 138 valence electrons. The number of hydrogen-bond acceptors (Lipinski definition) is 4. The van der Waals surface area contributed by atoms with E-state index in [-0.39, 0.29) is 4.90 Å². The third-order valence-corrected chi connectivity index (χ3v) is 7.71. The first-order valence-electron chi connectivity index (χ1n) is 8.98. The average Bonchev–Trinajstić information content (AvgIpc) is 3.25. The number of nitrogens with one attached hydrogen (secondary N) is 2. The fourth-order valence-corrected chi connectivity index (χ4v) is 5.76. The van der Waals surface area contributed by atoms with Gasteiger partial charge in [-0.05, 0) is 79.3 Å². The Labute approximate surface area is 157 Å². The summed E-state index contributed by atoms with van der Waals surface area (Å²) in [5.41, 5.74) is 5.88. The van der Waals surface area contributed by atoms with Crippen molar-refractivity contribution in [3.05, 3.63) is 50.7 Å². The highest BCUT2D eigenvalue weighted by molar-refractivity contribution is 7.89. The van der Waals surface area contributed by atoms with Crippen molar-refractivity contribution in [3.8, 4) is 0 Å². The predicted octanol–water partition coefficient (Wildman–Crippen LogP) is 2.98. The van der Waals surface area contributed by atoms with E-state index >= 15 is 0 Å². The lowest BCUT2D eigenvalue weighted by molar-refractivity contribution is 0.0949. The van der Waals surface area contributed by atoms with E-state index < -0.39 is 15.9 Å². The lowest BCUT2D eigenvalue weighted by atomic mass is 9.90. The van der Waals surface area contributed by atoms with Crippen molar-refractivity contribution in [1.82, 2.24) is 10.3 Å². The number of hydrazine groups is 1. The molecule has 5 nitrogen and oxygen atoms in total. The molecule has 26 heavy (non-hydrogen) atoms. The van der Waals surface area contributed by atoms with Gasteiger partial charge in [-0.2, -0.15) is 0 Å². The van der Waals surface area contributed by atoms with E-state index in [1.807, 2.05) is 12.1 Å².